The molecule has 2 fully saturated rings. The van der Waals surface area contributed by atoms with Gasteiger partial charge >= 0.3 is 24.0 Å². The van der Waals surface area contributed by atoms with E-state index in [2.05, 4.69) is 5.32 Å². The van der Waals surface area contributed by atoms with Crippen LogP contribution < -0.4 is 5.32 Å². The Kier molecular flexibility index (Phi) is 5.04. The van der Waals surface area contributed by atoms with E-state index in [1.165, 1.54) is 20.8 Å². The summed E-state index contributed by atoms with van der Waals surface area (Å²) in [5, 5.41) is 2.44. The van der Waals surface area contributed by atoms with E-state index in [1.807, 2.05) is 0 Å². The Labute approximate surface area is 131 Å². The minimum Gasteiger partial charge on any atom is -0.463 e. The molecule has 23 heavy (non-hydrogen) atoms. The van der Waals surface area contributed by atoms with Crippen molar-refractivity contribution in [3.63, 3.8) is 0 Å². The molecule has 5 atom stereocenters. The molecule has 0 aromatic heterocycles. The van der Waals surface area contributed by atoms with E-state index in [9.17, 15) is 19.2 Å². The fraction of sp³-hybridized carbons (Fsp3) is 0.692. The summed E-state index contributed by atoms with van der Waals surface area (Å²) >= 11 is 0. The van der Waals surface area contributed by atoms with Gasteiger partial charge in [-0.2, -0.15) is 0 Å². The lowest BCUT2D eigenvalue weighted by Crippen LogP contribution is -2.62. The summed E-state index contributed by atoms with van der Waals surface area (Å²) in [5.41, 5.74) is 0. The molecule has 2 rings (SSSR count). The zero-order chi connectivity index (χ0) is 17.1. The Morgan fingerprint density at radius 1 is 1.04 bits per heavy atom. The Morgan fingerprint density at radius 3 is 2.22 bits per heavy atom. The molecule has 0 spiro atoms. The second-order valence-electron chi connectivity index (χ2n) is 5.07. The molecule has 0 bridgehead atoms. The first kappa shape index (κ1) is 17.0. The first-order valence-corrected chi connectivity index (χ1v) is 6.88. The molecular formula is C13H17NO9. The smallest absolute Gasteiger partial charge is 0.410 e. The molecule has 2 aliphatic heterocycles. The van der Waals surface area contributed by atoms with E-state index >= 15 is 0 Å². The molecule has 0 saturated carbocycles. The van der Waals surface area contributed by atoms with Crippen molar-refractivity contribution in [1.29, 1.82) is 0 Å². The van der Waals surface area contributed by atoms with Gasteiger partial charge < -0.3 is 29.0 Å². The molecular weight excluding hydrogens is 314 g/mol. The maximum absolute atomic E-state index is 11.4. The predicted molar refractivity (Wildman–Crippen MR) is 69.8 cm³/mol. The molecule has 0 aliphatic carbocycles. The third kappa shape index (κ3) is 4.09. The minimum absolute atomic E-state index is 0.258. The Bertz CT molecular complexity index is 520. The number of carbonyl (C=O) groups excluding carboxylic acids is 4. The molecule has 1 N–H and O–H groups in total. The van der Waals surface area contributed by atoms with E-state index in [4.69, 9.17) is 23.7 Å². The van der Waals surface area contributed by atoms with Crippen LogP contribution in [0.1, 0.15) is 20.8 Å². The molecule has 0 aromatic carbocycles. The Hall–Kier alpha value is -2.36. The SMILES string of the molecule is CC(=O)OC[C@H]1O[C@H]2OC(=O)N[C@@H]2[C@@H](OC(C)=O)[C@H]1OC(C)=O. The number of fused-ring (bicyclic) bond motifs is 1. The van der Waals surface area contributed by atoms with Gasteiger partial charge in [-0.3, -0.25) is 14.4 Å². The molecule has 10 heteroatoms. The summed E-state index contributed by atoms with van der Waals surface area (Å²) < 4.78 is 25.6. The van der Waals surface area contributed by atoms with Gasteiger partial charge in [-0.05, 0) is 0 Å². The summed E-state index contributed by atoms with van der Waals surface area (Å²) in [7, 11) is 0. The van der Waals surface area contributed by atoms with Crippen LogP contribution in [0.15, 0.2) is 0 Å². The lowest BCUT2D eigenvalue weighted by atomic mass is 9.97. The van der Waals surface area contributed by atoms with Crippen molar-refractivity contribution in [3.8, 4) is 0 Å². The summed E-state index contributed by atoms with van der Waals surface area (Å²) in [4.78, 5) is 45.1. The first-order chi connectivity index (χ1) is 10.8. The molecule has 1 amide bonds. The molecule has 0 aromatic rings. The summed E-state index contributed by atoms with van der Waals surface area (Å²) in [5.74, 6) is -1.85. The van der Waals surface area contributed by atoms with Crippen LogP contribution in [-0.4, -0.2) is 61.3 Å². The zero-order valence-electron chi connectivity index (χ0n) is 12.8. The van der Waals surface area contributed by atoms with E-state index in [0.29, 0.717) is 0 Å². The van der Waals surface area contributed by atoms with Gasteiger partial charge in [0, 0.05) is 20.8 Å². The van der Waals surface area contributed by atoms with Gasteiger partial charge in [-0.1, -0.05) is 0 Å². The molecule has 128 valence electrons. The van der Waals surface area contributed by atoms with Crippen molar-refractivity contribution < 1.29 is 42.9 Å². The average Bonchev–Trinajstić information content (AvgIpc) is 2.78. The van der Waals surface area contributed by atoms with Crippen LogP contribution in [0.2, 0.25) is 0 Å². The van der Waals surface area contributed by atoms with Gasteiger partial charge in [-0.25, -0.2) is 4.79 Å². The van der Waals surface area contributed by atoms with Crippen molar-refractivity contribution in [3.05, 3.63) is 0 Å². The minimum atomic E-state index is -1.07. The van der Waals surface area contributed by atoms with E-state index in [1.54, 1.807) is 0 Å². The summed E-state index contributed by atoms with van der Waals surface area (Å²) in [6.45, 7) is 3.29. The Balaban J connectivity index is 2.25. The largest absolute Gasteiger partial charge is 0.463 e. The maximum atomic E-state index is 11.4. The van der Waals surface area contributed by atoms with E-state index in [-0.39, 0.29) is 6.61 Å². The topological polar surface area (TPSA) is 126 Å². The van der Waals surface area contributed by atoms with Crippen LogP contribution in [-0.2, 0) is 38.1 Å². The molecule has 2 aliphatic rings. The third-order valence-electron chi connectivity index (χ3n) is 3.21. The van der Waals surface area contributed by atoms with Crippen molar-refractivity contribution >= 4 is 24.0 Å². The van der Waals surface area contributed by atoms with Crippen molar-refractivity contribution in [1.82, 2.24) is 5.32 Å². The van der Waals surface area contributed by atoms with Gasteiger partial charge in [0.1, 0.15) is 18.8 Å². The van der Waals surface area contributed by atoms with Gasteiger partial charge in [0.15, 0.2) is 12.2 Å². The monoisotopic (exact) mass is 331 g/mol. The predicted octanol–water partition coefficient (Wildman–Crippen LogP) is -0.754. The van der Waals surface area contributed by atoms with Crippen LogP contribution in [0.4, 0.5) is 4.79 Å². The van der Waals surface area contributed by atoms with Crippen LogP contribution in [0.25, 0.3) is 0 Å². The highest BCUT2D eigenvalue weighted by molar-refractivity contribution is 5.71. The zero-order valence-corrected chi connectivity index (χ0v) is 12.8. The maximum Gasteiger partial charge on any atom is 0.410 e. The fourth-order valence-corrected chi connectivity index (χ4v) is 2.43. The normalized spacial score (nSPS) is 32.1. The molecule has 2 heterocycles. The molecule has 2 saturated heterocycles. The number of hydrogen-bond acceptors (Lipinski definition) is 9. The number of nitrogens with one attached hydrogen (secondary N) is 1. The van der Waals surface area contributed by atoms with Crippen molar-refractivity contribution in [2.45, 2.75) is 51.4 Å². The molecule has 0 radical (unpaired) electrons. The highest BCUT2D eigenvalue weighted by Crippen LogP contribution is 2.30. The summed E-state index contributed by atoms with van der Waals surface area (Å²) in [6.07, 6.45) is -4.88. The highest BCUT2D eigenvalue weighted by atomic mass is 16.7. The highest BCUT2D eigenvalue weighted by Gasteiger charge is 2.55. The average molecular weight is 331 g/mol. The standard InChI is InChI=1S/C13H17NO9/c1-5(15)19-4-8-10(20-6(2)16)11(21-7(3)17)9-12(22-8)23-13(18)14-9/h8-12H,4H2,1-3H3,(H,14,18)/t8-,9-,10+,11-,12+/m1/s1. The Morgan fingerprint density at radius 2 is 1.65 bits per heavy atom. The van der Waals surface area contributed by atoms with Crippen LogP contribution in [0, 0.1) is 0 Å². The fourth-order valence-electron chi connectivity index (χ4n) is 2.43. The van der Waals surface area contributed by atoms with Gasteiger partial charge in [0.2, 0.25) is 6.29 Å². The van der Waals surface area contributed by atoms with Gasteiger partial charge in [-0.15, -0.1) is 0 Å². The summed E-state index contributed by atoms with van der Waals surface area (Å²) in [6, 6.07) is -0.843. The first-order valence-electron chi connectivity index (χ1n) is 6.88. The number of hydrogen-bond donors (Lipinski definition) is 1. The number of rotatable bonds is 4. The van der Waals surface area contributed by atoms with E-state index in [0.717, 1.165) is 0 Å². The quantitative estimate of drug-likeness (QED) is 0.522. The van der Waals surface area contributed by atoms with Crippen LogP contribution >= 0.6 is 0 Å². The lowest BCUT2D eigenvalue weighted by molar-refractivity contribution is -0.249. The molecule has 0 unspecified atom stereocenters. The third-order valence-corrected chi connectivity index (χ3v) is 3.21. The second kappa shape index (κ2) is 6.82. The van der Waals surface area contributed by atoms with Crippen LogP contribution in [0.5, 0.6) is 0 Å². The van der Waals surface area contributed by atoms with Crippen LogP contribution in [0.3, 0.4) is 0 Å². The number of alkyl carbamates (subject to hydrolysis) is 1. The van der Waals surface area contributed by atoms with Crippen molar-refractivity contribution in [2.24, 2.45) is 0 Å². The lowest BCUT2D eigenvalue weighted by Gasteiger charge is -2.40. The number of carbonyl (C=O) groups is 4. The van der Waals surface area contributed by atoms with E-state index < -0.39 is 54.6 Å². The second-order valence-corrected chi connectivity index (χ2v) is 5.07. The number of amides is 1. The van der Waals surface area contributed by atoms with Gasteiger partial charge in [0.25, 0.3) is 0 Å². The van der Waals surface area contributed by atoms with Crippen molar-refractivity contribution in [2.75, 3.05) is 6.61 Å². The number of esters is 3. The molecule has 10 nitrogen and oxygen atoms in total. The van der Waals surface area contributed by atoms with Gasteiger partial charge in [0.05, 0.1) is 0 Å². The number of ether oxygens (including phenoxy) is 5.